The molecule has 0 unspecified atom stereocenters. The number of hydrogen-bond acceptors (Lipinski definition) is 4. The van der Waals surface area contributed by atoms with Gasteiger partial charge in [0.15, 0.2) is 16.6 Å². The van der Waals surface area contributed by atoms with E-state index in [9.17, 15) is 0 Å². The molecule has 33 heavy (non-hydrogen) atoms. The van der Waals surface area contributed by atoms with E-state index in [0.717, 1.165) is 31.4 Å². The van der Waals surface area contributed by atoms with Crippen molar-refractivity contribution in [3.05, 3.63) is 29.8 Å². The second kappa shape index (κ2) is 8.77. The molecule has 1 aromatic rings. The summed E-state index contributed by atoms with van der Waals surface area (Å²) in [6, 6.07) is 8.47. The van der Waals surface area contributed by atoms with Gasteiger partial charge in [0.05, 0.1) is 24.4 Å². The van der Waals surface area contributed by atoms with Crippen LogP contribution in [0.2, 0.25) is 36.3 Å². The zero-order chi connectivity index (χ0) is 24.9. The maximum absolute atomic E-state index is 7.03. The molecule has 0 aliphatic carbocycles. The number of hydrogen-bond donors (Lipinski definition) is 1. The van der Waals surface area contributed by atoms with Crippen LogP contribution in [-0.2, 0) is 13.6 Å². The summed E-state index contributed by atoms with van der Waals surface area (Å²) in [4.78, 5) is 0. The van der Waals surface area contributed by atoms with Gasteiger partial charge in [-0.25, -0.2) is 0 Å². The Hall–Kier alpha value is -0.666. The molecule has 2 fully saturated rings. The summed E-state index contributed by atoms with van der Waals surface area (Å²) in [5.41, 5.74) is 7.72. The van der Waals surface area contributed by atoms with Gasteiger partial charge in [0, 0.05) is 5.69 Å². The smallest absolute Gasteiger partial charge is 0.192 e. The lowest BCUT2D eigenvalue weighted by Gasteiger charge is -2.47. The highest BCUT2D eigenvalue weighted by molar-refractivity contribution is 6.74. The molecular weight excluding hydrogens is 442 g/mol. The predicted octanol–water partition coefficient (Wildman–Crippen LogP) is 7.48. The second-order valence-corrected chi connectivity index (χ2v) is 23.5. The van der Waals surface area contributed by atoms with Gasteiger partial charge in [-0.3, -0.25) is 0 Å². The van der Waals surface area contributed by atoms with Crippen LogP contribution in [0.25, 0.3) is 0 Å². The Morgan fingerprint density at radius 3 is 1.58 bits per heavy atom. The van der Waals surface area contributed by atoms with Gasteiger partial charge in [0.25, 0.3) is 0 Å². The minimum Gasteiger partial charge on any atom is -0.414 e. The lowest BCUT2D eigenvalue weighted by atomic mass is 9.80. The van der Waals surface area contributed by atoms with E-state index in [-0.39, 0.29) is 21.3 Å². The maximum atomic E-state index is 7.03. The highest BCUT2D eigenvalue weighted by atomic mass is 28.4. The minimum absolute atomic E-state index is 0.190. The summed E-state index contributed by atoms with van der Waals surface area (Å²) in [5.74, 6) is 0.438. The molecule has 0 spiro atoms. The molecule has 188 valence electrons. The Kier molecular flexibility index (Phi) is 7.16. The van der Waals surface area contributed by atoms with Crippen LogP contribution in [0.3, 0.4) is 0 Å². The summed E-state index contributed by atoms with van der Waals surface area (Å²) < 4.78 is 20.6. The number of anilines is 1. The number of benzene rings is 1. The molecule has 2 heterocycles. The van der Waals surface area contributed by atoms with Crippen molar-refractivity contribution in [2.24, 2.45) is 0 Å². The van der Waals surface area contributed by atoms with E-state index in [2.05, 4.69) is 79.9 Å². The van der Waals surface area contributed by atoms with Crippen molar-refractivity contribution < 1.29 is 13.6 Å². The monoisotopic (exact) mass is 491 g/mol. The zero-order valence-electron chi connectivity index (χ0n) is 22.9. The van der Waals surface area contributed by atoms with Gasteiger partial charge >= 0.3 is 0 Å². The first kappa shape index (κ1) is 26.9. The first-order chi connectivity index (χ1) is 14.9. The lowest BCUT2D eigenvalue weighted by molar-refractivity contribution is -0.173. The molecule has 2 bridgehead atoms. The van der Waals surface area contributed by atoms with Crippen molar-refractivity contribution in [3.63, 3.8) is 0 Å². The van der Waals surface area contributed by atoms with Gasteiger partial charge in [-0.2, -0.15) is 0 Å². The molecule has 6 heteroatoms. The number of nitrogen functional groups attached to an aromatic ring is 1. The third-order valence-corrected chi connectivity index (χ3v) is 18.1. The SMILES string of the molecule is CC(C)(C)[Si](C)(C)OC[C@@]12CC[C@@](CO[Si](C)(C)C(C)(C)C)(C[C@@H](c3ccc(N)cc3)C1)O2. The first-order valence-electron chi connectivity index (χ1n) is 12.7. The van der Waals surface area contributed by atoms with E-state index in [1.54, 1.807) is 0 Å². The Balaban J connectivity index is 1.86. The van der Waals surface area contributed by atoms with Crippen molar-refractivity contribution in [1.82, 2.24) is 0 Å². The van der Waals surface area contributed by atoms with Crippen LogP contribution in [0.15, 0.2) is 24.3 Å². The Labute approximate surface area is 205 Å². The number of nitrogens with two attached hydrogens (primary N) is 1. The van der Waals surface area contributed by atoms with Crippen LogP contribution in [0.4, 0.5) is 5.69 Å². The Morgan fingerprint density at radius 2 is 1.21 bits per heavy atom. The van der Waals surface area contributed by atoms with E-state index < -0.39 is 16.6 Å². The fourth-order valence-corrected chi connectivity index (χ4v) is 6.77. The van der Waals surface area contributed by atoms with Crippen LogP contribution >= 0.6 is 0 Å². The molecule has 0 saturated carbocycles. The van der Waals surface area contributed by atoms with Gasteiger partial charge in [0.2, 0.25) is 0 Å². The fourth-order valence-electron chi connectivity index (χ4n) is 4.66. The molecule has 3 atom stereocenters. The molecule has 2 saturated heterocycles. The molecule has 4 nitrogen and oxygen atoms in total. The number of ether oxygens (including phenoxy) is 1. The highest BCUT2D eigenvalue weighted by Gasteiger charge is 2.57. The van der Waals surface area contributed by atoms with E-state index in [4.69, 9.17) is 19.3 Å². The van der Waals surface area contributed by atoms with Gasteiger partial charge in [-0.15, -0.1) is 0 Å². The first-order valence-corrected chi connectivity index (χ1v) is 18.5. The van der Waals surface area contributed by atoms with Crippen molar-refractivity contribution in [2.75, 3.05) is 18.9 Å². The average Bonchev–Trinajstić information content (AvgIpc) is 2.95. The molecular formula is C27H49NO3Si2. The zero-order valence-corrected chi connectivity index (χ0v) is 24.9. The van der Waals surface area contributed by atoms with Crippen LogP contribution in [0, 0.1) is 0 Å². The summed E-state index contributed by atoms with van der Waals surface area (Å²) in [5, 5.41) is 0.381. The maximum Gasteiger partial charge on any atom is 0.192 e. The standard InChI is InChI=1S/C27H49NO3Si2/c1-24(2,3)32(7,8)29-19-26-15-16-27(31-26,20-30-33(9,10)25(4,5)6)18-22(17-26)21-11-13-23(28)14-12-21/h11-14,22H,15-20,28H2,1-10H3/t22-,26+,27-. The largest absolute Gasteiger partial charge is 0.414 e. The summed E-state index contributed by atoms with van der Waals surface area (Å²) >= 11 is 0. The molecule has 0 radical (unpaired) electrons. The van der Waals surface area contributed by atoms with Crippen molar-refractivity contribution >= 4 is 22.3 Å². The average molecular weight is 492 g/mol. The van der Waals surface area contributed by atoms with Crippen LogP contribution < -0.4 is 5.73 Å². The Morgan fingerprint density at radius 1 is 0.818 bits per heavy atom. The molecule has 1 aromatic carbocycles. The third-order valence-electron chi connectivity index (χ3n) is 9.12. The highest BCUT2D eigenvalue weighted by Crippen LogP contribution is 2.55. The van der Waals surface area contributed by atoms with Crippen LogP contribution in [0.5, 0.6) is 0 Å². The van der Waals surface area contributed by atoms with E-state index in [1.165, 1.54) is 5.56 Å². The van der Waals surface area contributed by atoms with Crippen molar-refractivity contribution in [3.8, 4) is 0 Å². The van der Waals surface area contributed by atoms with Crippen molar-refractivity contribution in [2.45, 2.75) is 121 Å². The van der Waals surface area contributed by atoms with Crippen molar-refractivity contribution in [1.29, 1.82) is 0 Å². The molecule has 3 rings (SSSR count). The molecule has 2 aliphatic heterocycles. The predicted molar refractivity (Wildman–Crippen MR) is 145 cm³/mol. The lowest BCUT2D eigenvalue weighted by Crippen LogP contribution is -2.53. The van der Waals surface area contributed by atoms with Gasteiger partial charge in [-0.05, 0) is 85.6 Å². The van der Waals surface area contributed by atoms with Gasteiger partial charge < -0.3 is 19.3 Å². The van der Waals surface area contributed by atoms with E-state index in [0.29, 0.717) is 19.1 Å². The van der Waals surface area contributed by atoms with Crippen LogP contribution in [0.1, 0.15) is 78.7 Å². The number of rotatable bonds is 7. The van der Waals surface area contributed by atoms with E-state index in [1.807, 2.05) is 12.1 Å². The normalized spacial score (nSPS) is 28.8. The van der Waals surface area contributed by atoms with Gasteiger partial charge in [0.1, 0.15) is 0 Å². The third kappa shape index (κ3) is 5.77. The minimum atomic E-state index is -1.86. The topological polar surface area (TPSA) is 53.7 Å². The summed E-state index contributed by atoms with van der Waals surface area (Å²) in [6.45, 7) is 24.6. The number of fused-ring (bicyclic) bond motifs is 2. The quantitative estimate of drug-likeness (QED) is 0.317. The summed E-state index contributed by atoms with van der Waals surface area (Å²) in [6.07, 6.45) is 4.11. The molecule has 2 aliphatic rings. The molecule has 0 aromatic heterocycles. The fraction of sp³-hybridized carbons (Fsp3) is 0.778. The summed E-state index contributed by atoms with van der Waals surface area (Å²) in [7, 11) is -3.72. The van der Waals surface area contributed by atoms with Gasteiger partial charge in [-0.1, -0.05) is 53.7 Å². The Bertz CT molecular complexity index is 779. The molecule has 2 N–H and O–H groups in total. The molecule has 0 amide bonds. The van der Waals surface area contributed by atoms with E-state index >= 15 is 0 Å². The van der Waals surface area contributed by atoms with Crippen LogP contribution in [-0.4, -0.2) is 41.1 Å². The second-order valence-electron chi connectivity index (χ2n) is 13.8.